The van der Waals surface area contributed by atoms with Gasteiger partial charge in [-0.05, 0) is 0 Å². The number of hydrogen-bond donors (Lipinski definition) is 0. The summed E-state index contributed by atoms with van der Waals surface area (Å²) in [6.45, 7) is 12.9. The fourth-order valence-corrected chi connectivity index (χ4v) is 1.20. The fraction of sp³-hybridized carbons (Fsp3) is 0.375. The molecule has 0 spiro atoms. The molecular formula is C16H25Cl2SiZr. The van der Waals surface area contributed by atoms with Crippen molar-refractivity contribution in [1.82, 2.24) is 0 Å². The second kappa shape index (κ2) is 17.4. The predicted octanol–water partition coefficient (Wildman–Crippen LogP) is -1.43. The van der Waals surface area contributed by atoms with E-state index in [-0.39, 0.29) is 51.0 Å². The molecule has 0 bridgehead atoms. The minimum atomic E-state index is 0. The summed E-state index contributed by atoms with van der Waals surface area (Å²) < 4.78 is 0. The molecule has 2 aromatic rings. The van der Waals surface area contributed by atoms with E-state index in [1.807, 2.05) is 0 Å². The van der Waals surface area contributed by atoms with Gasteiger partial charge in [-0.25, -0.2) is 24.3 Å². The van der Waals surface area contributed by atoms with Crippen LogP contribution in [-0.4, -0.2) is 9.52 Å². The molecule has 0 saturated heterocycles. The van der Waals surface area contributed by atoms with Crippen LogP contribution in [0.25, 0.3) is 0 Å². The first-order chi connectivity index (χ1) is 8.02. The van der Waals surface area contributed by atoms with Crippen LogP contribution in [0.15, 0.2) is 36.4 Å². The normalized spacial score (nSPS) is 7.50. The molecule has 1 radical (unpaired) electrons. The maximum absolute atomic E-state index is 2.21. The Kier molecular flexibility index (Phi) is 24.9. The summed E-state index contributed by atoms with van der Waals surface area (Å²) in [5.41, 5.74) is 5.56. The van der Waals surface area contributed by atoms with Crippen molar-refractivity contribution in [2.24, 2.45) is 0 Å². The fourth-order valence-electron chi connectivity index (χ4n) is 1.20. The van der Waals surface area contributed by atoms with E-state index in [1.165, 1.54) is 22.3 Å². The van der Waals surface area contributed by atoms with Crippen LogP contribution < -0.4 is 24.8 Å². The third-order valence-electron chi connectivity index (χ3n) is 2.63. The number of hydrogen-bond acceptors (Lipinski definition) is 0. The molecule has 0 aromatic heterocycles. The van der Waals surface area contributed by atoms with Crippen molar-refractivity contribution in [2.75, 3.05) is 0 Å². The second-order valence-electron chi connectivity index (χ2n) is 4.36. The molecule has 0 saturated carbocycles. The van der Waals surface area contributed by atoms with Gasteiger partial charge >= 0.3 is 26.2 Å². The van der Waals surface area contributed by atoms with Crippen molar-refractivity contribution >= 4 is 9.52 Å². The first-order valence-corrected chi connectivity index (χ1v) is 8.45. The predicted molar refractivity (Wildman–Crippen MR) is 81.9 cm³/mol. The molecule has 4 heteroatoms. The van der Waals surface area contributed by atoms with Crippen molar-refractivity contribution in [3.8, 4) is 0 Å². The van der Waals surface area contributed by atoms with Gasteiger partial charge in [-0.3, -0.25) is 0 Å². The van der Waals surface area contributed by atoms with E-state index >= 15 is 0 Å². The van der Waals surface area contributed by atoms with Crippen LogP contribution in [0, 0.1) is 27.7 Å². The Labute approximate surface area is 159 Å². The van der Waals surface area contributed by atoms with Crippen molar-refractivity contribution in [1.29, 1.82) is 0 Å². The first-order valence-electron chi connectivity index (χ1n) is 6.14. The Balaban J connectivity index is -0.0000000956. The van der Waals surface area contributed by atoms with Gasteiger partial charge in [0.15, 0.2) is 0 Å². The Morgan fingerprint density at radius 1 is 0.800 bits per heavy atom. The Bertz CT molecular complexity index is 337. The molecule has 0 heterocycles. The molecule has 0 nitrogen and oxygen atoms in total. The van der Waals surface area contributed by atoms with Crippen molar-refractivity contribution in [3.63, 3.8) is 0 Å². The molecule has 0 aliphatic rings. The Morgan fingerprint density at radius 2 is 1.05 bits per heavy atom. The van der Waals surface area contributed by atoms with E-state index in [2.05, 4.69) is 77.2 Å². The van der Waals surface area contributed by atoms with Crippen LogP contribution in [-0.2, 0) is 26.2 Å². The standard InChI is InChI=1S/2C7H9.C2H7Si.2ClH.Zr/c2*1-6-4-3-5-7(6)2;1-3-2;;;/h2*3-5H,1-2H3;3H,1-2H3;2*1H;/q2*-1;;;;+4/p-2. The molecule has 2 rings (SSSR count). The van der Waals surface area contributed by atoms with Gasteiger partial charge in [0, 0.05) is 9.52 Å². The maximum Gasteiger partial charge on any atom is 4.00 e. The average molecular weight is 408 g/mol. The maximum atomic E-state index is 2.21. The van der Waals surface area contributed by atoms with Gasteiger partial charge in [-0.2, -0.15) is 34.4 Å². The van der Waals surface area contributed by atoms with E-state index in [9.17, 15) is 0 Å². The van der Waals surface area contributed by atoms with E-state index in [4.69, 9.17) is 0 Å². The average Bonchev–Trinajstić information content (AvgIpc) is 2.81. The van der Waals surface area contributed by atoms with Crippen molar-refractivity contribution < 1.29 is 51.0 Å². The van der Waals surface area contributed by atoms with E-state index in [0.717, 1.165) is 9.52 Å². The summed E-state index contributed by atoms with van der Waals surface area (Å²) >= 11 is 0. The topological polar surface area (TPSA) is 0 Å². The zero-order valence-corrected chi connectivity index (χ0v) is 18.4. The smallest absolute Gasteiger partial charge is 1.00 e. The minimum Gasteiger partial charge on any atom is -1.00 e. The Morgan fingerprint density at radius 3 is 1.10 bits per heavy atom. The SMILES string of the molecule is C[SiH]C.Cc1ccc[c-]1C.Cc1ccc[c-]1C.[Cl-].[Cl-].[Zr+4]. The summed E-state index contributed by atoms with van der Waals surface area (Å²) in [5.74, 6) is 0. The first kappa shape index (κ1) is 28.5. The molecule has 111 valence electrons. The van der Waals surface area contributed by atoms with Crippen LogP contribution in [0.5, 0.6) is 0 Å². The number of halogens is 2. The molecule has 0 atom stereocenters. The minimum absolute atomic E-state index is 0. The quantitative estimate of drug-likeness (QED) is 0.371. The van der Waals surface area contributed by atoms with Gasteiger partial charge in [0.25, 0.3) is 0 Å². The van der Waals surface area contributed by atoms with E-state index in [0.29, 0.717) is 0 Å². The summed E-state index contributed by atoms with van der Waals surface area (Å²) in [4.78, 5) is 0. The molecule has 0 fully saturated rings. The van der Waals surface area contributed by atoms with E-state index < -0.39 is 0 Å². The zero-order valence-electron chi connectivity index (χ0n) is 13.3. The zero-order chi connectivity index (χ0) is 13.3. The molecule has 0 aliphatic carbocycles. The Hall–Kier alpha value is 0.380. The van der Waals surface area contributed by atoms with Crippen LogP contribution in [0.3, 0.4) is 0 Å². The molecule has 2 aromatic carbocycles. The summed E-state index contributed by atoms with van der Waals surface area (Å²) in [5, 5.41) is 0. The van der Waals surface area contributed by atoms with Crippen LogP contribution in [0.4, 0.5) is 0 Å². The van der Waals surface area contributed by atoms with Crippen molar-refractivity contribution in [3.05, 3.63) is 58.7 Å². The van der Waals surface area contributed by atoms with Gasteiger partial charge < -0.3 is 24.8 Å². The largest absolute Gasteiger partial charge is 4.00 e. The molecule has 20 heavy (non-hydrogen) atoms. The molecule has 0 amide bonds. The van der Waals surface area contributed by atoms with Gasteiger partial charge in [-0.1, -0.05) is 40.8 Å². The summed E-state index contributed by atoms with van der Waals surface area (Å²) in [6, 6.07) is 12.6. The summed E-state index contributed by atoms with van der Waals surface area (Å²) in [6.07, 6.45) is 0. The summed E-state index contributed by atoms with van der Waals surface area (Å²) in [7, 11) is 0.750. The number of aryl methyl sites for hydroxylation is 4. The van der Waals surface area contributed by atoms with Crippen molar-refractivity contribution in [2.45, 2.75) is 40.8 Å². The van der Waals surface area contributed by atoms with E-state index in [1.54, 1.807) is 0 Å². The third kappa shape index (κ3) is 13.4. The van der Waals surface area contributed by atoms with Crippen LogP contribution >= 0.6 is 0 Å². The molecule has 0 aliphatic heterocycles. The van der Waals surface area contributed by atoms with Gasteiger partial charge in [-0.15, -0.1) is 0 Å². The van der Waals surface area contributed by atoms with Gasteiger partial charge in [0.1, 0.15) is 0 Å². The third-order valence-corrected chi connectivity index (χ3v) is 2.63. The molecular weight excluding hydrogens is 382 g/mol. The molecule has 0 N–H and O–H groups in total. The monoisotopic (exact) mass is 405 g/mol. The second-order valence-corrected chi connectivity index (χ2v) is 5.52. The van der Waals surface area contributed by atoms with Crippen LogP contribution in [0.1, 0.15) is 22.3 Å². The van der Waals surface area contributed by atoms with Gasteiger partial charge in [0.2, 0.25) is 0 Å². The van der Waals surface area contributed by atoms with Crippen LogP contribution in [0.2, 0.25) is 13.1 Å². The van der Waals surface area contributed by atoms with Gasteiger partial charge in [0.05, 0.1) is 0 Å². The number of rotatable bonds is 0. The molecule has 0 unspecified atom stereocenters.